The Kier molecular flexibility index (Phi) is 8.73. The number of hydrogen-bond donors (Lipinski definition) is 3. The van der Waals surface area contributed by atoms with Gasteiger partial charge in [-0.2, -0.15) is 0 Å². The van der Waals surface area contributed by atoms with Crippen LogP contribution in [0.1, 0.15) is 63.5 Å². The summed E-state index contributed by atoms with van der Waals surface area (Å²) in [5.74, 6) is -1.09. The fourth-order valence-corrected chi connectivity index (χ4v) is 4.20. The van der Waals surface area contributed by atoms with Gasteiger partial charge in [0.05, 0.1) is 0 Å². The Morgan fingerprint density at radius 2 is 1.51 bits per heavy atom. The zero-order chi connectivity index (χ0) is 25.4. The Labute approximate surface area is 206 Å². The second kappa shape index (κ2) is 11.7. The van der Waals surface area contributed by atoms with Crippen LogP contribution >= 0.6 is 0 Å². The maximum absolute atomic E-state index is 12.2. The van der Waals surface area contributed by atoms with E-state index in [1.54, 1.807) is 20.8 Å². The summed E-state index contributed by atoms with van der Waals surface area (Å²) >= 11 is 0. The molecule has 2 amide bonds. The zero-order valence-corrected chi connectivity index (χ0v) is 20.5. The quantitative estimate of drug-likeness (QED) is 0.408. The van der Waals surface area contributed by atoms with Crippen LogP contribution in [0.5, 0.6) is 0 Å². The summed E-state index contributed by atoms with van der Waals surface area (Å²) in [6.45, 7) is 5.83. The molecular weight excluding hydrogens is 448 g/mol. The molecule has 8 heteroatoms. The van der Waals surface area contributed by atoms with Gasteiger partial charge in [0, 0.05) is 12.5 Å². The third-order valence-corrected chi connectivity index (χ3v) is 5.77. The second-order valence-corrected chi connectivity index (χ2v) is 9.64. The van der Waals surface area contributed by atoms with Gasteiger partial charge in [0.2, 0.25) is 0 Å². The Bertz CT molecular complexity index is 1000. The van der Waals surface area contributed by atoms with Gasteiger partial charge in [0.15, 0.2) is 0 Å². The highest BCUT2D eigenvalue weighted by molar-refractivity contribution is 5.80. The normalized spacial score (nSPS) is 13.3. The summed E-state index contributed by atoms with van der Waals surface area (Å²) < 4.78 is 10.6. The number of carboxylic acid groups (broad SMARTS) is 1. The summed E-state index contributed by atoms with van der Waals surface area (Å²) in [5.41, 5.74) is 3.98. The van der Waals surface area contributed by atoms with Gasteiger partial charge in [-0.3, -0.25) is 0 Å². The number of carbonyl (C=O) groups is 3. The monoisotopic (exact) mass is 482 g/mol. The molecule has 0 unspecified atom stereocenters. The Balaban J connectivity index is 1.35. The minimum Gasteiger partial charge on any atom is -0.480 e. The molecular formula is C27H34N2O6. The number of rotatable bonds is 10. The fourth-order valence-electron chi connectivity index (χ4n) is 4.20. The highest BCUT2D eigenvalue weighted by Gasteiger charge is 2.29. The predicted molar refractivity (Wildman–Crippen MR) is 132 cm³/mol. The first-order chi connectivity index (χ1) is 16.7. The number of nitrogens with one attached hydrogen (secondary N) is 2. The molecule has 1 aliphatic carbocycles. The van der Waals surface area contributed by atoms with Crippen LogP contribution in [0.4, 0.5) is 9.59 Å². The van der Waals surface area contributed by atoms with Crippen LogP contribution in [-0.2, 0) is 14.3 Å². The molecule has 0 radical (unpaired) electrons. The van der Waals surface area contributed by atoms with Crippen molar-refractivity contribution in [2.45, 2.75) is 64.0 Å². The number of aliphatic carboxylic acids is 1. The fraction of sp³-hybridized carbons (Fsp3) is 0.444. The zero-order valence-electron chi connectivity index (χ0n) is 20.5. The first-order valence-electron chi connectivity index (χ1n) is 12.0. The van der Waals surface area contributed by atoms with E-state index in [9.17, 15) is 19.5 Å². The molecule has 3 rings (SSSR count). The molecule has 0 aliphatic heterocycles. The lowest BCUT2D eigenvalue weighted by molar-refractivity contribution is -0.139. The largest absolute Gasteiger partial charge is 0.480 e. The number of unbranched alkanes of at least 4 members (excludes halogenated alkanes) is 2. The van der Waals surface area contributed by atoms with E-state index in [-0.39, 0.29) is 18.9 Å². The molecule has 0 spiro atoms. The van der Waals surface area contributed by atoms with Crippen molar-refractivity contribution >= 4 is 18.2 Å². The topological polar surface area (TPSA) is 114 Å². The average molecular weight is 483 g/mol. The molecule has 1 atom stereocenters. The Hall–Kier alpha value is -3.55. The van der Waals surface area contributed by atoms with Crippen molar-refractivity contribution in [3.05, 3.63) is 59.7 Å². The Morgan fingerprint density at radius 1 is 0.914 bits per heavy atom. The van der Waals surface area contributed by atoms with Gasteiger partial charge in [-0.05, 0) is 55.9 Å². The minimum absolute atomic E-state index is 0.0126. The third kappa shape index (κ3) is 7.47. The van der Waals surface area contributed by atoms with Crippen molar-refractivity contribution in [2.75, 3.05) is 13.2 Å². The second-order valence-electron chi connectivity index (χ2n) is 9.64. The van der Waals surface area contributed by atoms with Crippen LogP contribution in [0.15, 0.2) is 48.5 Å². The maximum atomic E-state index is 12.2. The van der Waals surface area contributed by atoms with Crippen LogP contribution in [0, 0.1) is 0 Å². The molecule has 8 nitrogen and oxygen atoms in total. The molecule has 1 aliphatic rings. The predicted octanol–water partition coefficient (Wildman–Crippen LogP) is 5.06. The van der Waals surface area contributed by atoms with E-state index >= 15 is 0 Å². The standard InChI is InChI=1S/C27H34N2O6/c1-27(2,3)35-26(33)29-23(24(30)31)15-5-4-10-16-28-25(32)34-17-22-20-13-8-6-11-18(20)19-12-7-9-14-21(19)22/h6-9,11-14,22-23H,4-5,10,15-17H2,1-3H3,(H,28,32)(H,29,33)(H,30,31)/t23-/m1/s1. The first kappa shape index (κ1) is 26.1. The molecule has 0 aromatic heterocycles. The lowest BCUT2D eigenvalue weighted by atomic mass is 9.98. The van der Waals surface area contributed by atoms with Crippen molar-refractivity contribution in [3.63, 3.8) is 0 Å². The summed E-state index contributed by atoms with van der Waals surface area (Å²) in [6, 6.07) is 15.3. The summed E-state index contributed by atoms with van der Waals surface area (Å²) in [5, 5.41) is 14.5. The van der Waals surface area contributed by atoms with Gasteiger partial charge in [0.25, 0.3) is 0 Å². The van der Waals surface area contributed by atoms with E-state index in [2.05, 4.69) is 34.9 Å². The van der Waals surface area contributed by atoms with E-state index in [1.165, 1.54) is 11.1 Å². The van der Waals surface area contributed by atoms with Gasteiger partial charge < -0.3 is 25.2 Å². The third-order valence-electron chi connectivity index (χ3n) is 5.77. The molecule has 2 aromatic rings. The molecule has 0 saturated carbocycles. The van der Waals surface area contributed by atoms with Gasteiger partial charge in [-0.25, -0.2) is 14.4 Å². The lowest BCUT2D eigenvalue weighted by Gasteiger charge is -2.22. The maximum Gasteiger partial charge on any atom is 0.408 e. The van der Waals surface area contributed by atoms with Crippen LogP contribution in [-0.4, -0.2) is 48.1 Å². The first-order valence-corrected chi connectivity index (χ1v) is 12.0. The molecule has 0 bridgehead atoms. The van der Waals surface area contributed by atoms with Crippen molar-refractivity contribution in [2.24, 2.45) is 0 Å². The molecule has 188 valence electrons. The van der Waals surface area contributed by atoms with E-state index in [0.29, 0.717) is 25.8 Å². The molecule has 3 N–H and O–H groups in total. The van der Waals surface area contributed by atoms with Crippen LogP contribution < -0.4 is 10.6 Å². The number of carbonyl (C=O) groups excluding carboxylic acids is 2. The number of amides is 2. The van der Waals surface area contributed by atoms with Crippen LogP contribution in [0.2, 0.25) is 0 Å². The number of fused-ring (bicyclic) bond motifs is 3. The molecule has 35 heavy (non-hydrogen) atoms. The van der Waals surface area contributed by atoms with Gasteiger partial charge in [-0.1, -0.05) is 61.4 Å². The summed E-state index contributed by atoms with van der Waals surface area (Å²) in [6.07, 6.45) is 1.01. The highest BCUT2D eigenvalue weighted by atomic mass is 16.6. The van der Waals surface area contributed by atoms with Gasteiger partial charge in [-0.15, -0.1) is 0 Å². The van der Waals surface area contributed by atoms with E-state index in [4.69, 9.17) is 9.47 Å². The van der Waals surface area contributed by atoms with Crippen LogP contribution in [0.25, 0.3) is 11.1 Å². The van der Waals surface area contributed by atoms with E-state index in [1.807, 2.05) is 24.3 Å². The van der Waals surface area contributed by atoms with Crippen LogP contribution in [0.3, 0.4) is 0 Å². The smallest absolute Gasteiger partial charge is 0.408 e. The lowest BCUT2D eigenvalue weighted by Crippen LogP contribution is -2.43. The molecule has 2 aromatic carbocycles. The number of hydrogen-bond acceptors (Lipinski definition) is 5. The number of carboxylic acids is 1. The van der Waals surface area contributed by atoms with Crippen molar-refractivity contribution in [1.29, 1.82) is 0 Å². The molecule has 0 saturated heterocycles. The minimum atomic E-state index is -1.10. The average Bonchev–Trinajstić information content (AvgIpc) is 3.11. The van der Waals surface area contributed by atoms with E-state index < -0.39 is 29.8 Å². The van der Waals surface area contributed by atoms with E-state index in [0.717, 1.165) is 11.1 Å². The Morgan fingerprint density at radius 3 is 2.09 bits per heavy atom. The number of benzene rings is 2. The molecule has 0 fully saturated rings. The summed E-state index contributed by atoms with van der Waals surface area (Å²) in [4.78, 5) is 35.4. The summed E-state index contributed by atoms with van der Waals surface area (Å²) in [7, 11) is 0. The van der Waals surface area contributed by atoms with Gasteiger partial charge in [0.1, 0.15) is 18.2 Å². The highest BCUT2D eigenvalue weighted by Crippen LogP contribution is 2.44. The van der Waals surface area contributed by atoms with Crippen molar-refractivity contribution < 1.29 is 29.0 Å². The van der Waals surface area contributed by atoms with Gasteiger partial charge >= 0.3 is 18.2 Å². The number of alkyl carbamates (subject to hydrolysis) is 2. The number of ether oxygens (including phenoxy) is 2. The van der Waals surface area contributed by atoms with Crippen molar-refractivity contribution in [3.8, 4) is 11.1 Å². The van der Waals surface area contributed by atoms with Crippen molar-refractivity contribution in [1.82, 2.24) is 10.6 Å². The SMILES string of the molecule is CC(C)(C)OC(=O)N[C@H](CCCCCNC(=O)OCC1c2ccccc2-c2ccccc21)C(=O)O. The molecule has 0 heterocycles.